The van der Waals surface area contributed by atoms with Crippen molar-refractivity contribution in [1.82, 2.24) is 10.6 Å². The van der Waals surface area contributed by atoms with E-state index >= 15 is 0 Å². The summed E-state index contributed by atoms with van der Waals surface area (Å²) < 4.78 is 0. The minimum absolute atomic E-state index is 0.0952. The van der Waals surface area contributed by atoms with Crippen molar-refractivity contribution in [2.75, 3.05) is 13.1 Å². The molecular formula is C19H24N2O. The Morgan fingerprint density at radius 1 is 0.773 bits per heavy atom. The minimum Gasteiger partial charge on any atom is -0.338 e. The fraction of sp³-hybridized carbons (Fsp3) is 0.316. The van der Waals surface area contributed by atoms with Gasteiger partial charge in [0, 0.05) is 13.1 Å². The van der Waals surface area contributed by atoms with Crippen LogP contribution in [0.3, 0.4) is 0 Å². The molecule has 0 unspecified atom stereocenters. The predicted octanol–water partition coefficient (Wildman–Crippen LogP) is 3.39. The van der Waals surface area contributed by atoms with Crippen LogP contribution in [0.15, 0.2) is 48.5 Å². The fourth-order valence-electron chi connectivity index (χ4n) is 2.47. The summed E-state index contributed by atoms with van der Waals surface area (Å²) in [4.78, 5) is 11.8. The van der Waals surface area contributed by atoms with E-state index in [1.807, 2.05) is 24.3 Å². The third kappa shape index (κ3) is 4.92. The number of urea groups is 1. The molecule has 0 radical (unpaired) electrons. The van der Waals surface area contributed by atoms with Gasteiger partial charge in [-0.1, -0.05) is 48.5 Å². The predicted molar refractivity (Wildman–Crippen MR) is 91.2 cm³/mol. The van der Waals surface area contributed by atoms with Gasteiger partial charge in [-0.2, -0.15) is 0 Å². The highest BCUT2D eigenvalue weighted by atomic mass is 16.2. The number of amides is 2. The molecule has 2 N–H and O–H groups in total. The molecule has 0 fully saturated rings. The normalized spacial score (nSPS) is 10.3. The third-order valence-electron chi connectivity index (χ3n) is 3.88. The van der Waals surface area contributed by atoms with Gasteiger partial charge in [0.25, 0.3) is 0 Å². The van der Waals surface area contributed by atoms with Gasteiger partial charge in [-0.05, 0) is 48.9 Å². The van der Waals surface area contributed by atoms with Gasteiger partial charge in [-0.15, -0.1) is 0 Å². The largest absolute Gasteiger partial charge is 0.338 e. The maximum Gasteiger partial charge on any atom is 0.314 e. The molecule has 0 aliphatic rings. The lowest BCUT2D eigenvalue weighted by Crippen LogP contribution is -2.37. The maximum absolute atomic E-state index is 11.8. The Bertz CT molecular complexity index is 569. The lowest BCUT2D eigenvalue weighted by atomic mass is 10.1. The van der Waals surface area contributed by atoms with E-state index in [0.29, 0.717) is 13.1 Å². The monoisotopic (exact) mass is 296 g/mol. The summed E-state index contributed by atoms with van der Waals surface area (Å²) in [5.41, 5.74) is 5.10. The zero-order valence-electron chi connectivity index (χ0n) is 13.4. The number of rotatable bonds is 6. The summed E-state index contributed by atoms with van der Waals surface area (Å²) in [7, 11) is 0. The van der Waals surface area contributed by atoms with E-state index in [4.69, 9.17) is 0 Å². The summed E-state index contributed by atoms with van der Waals surface area (Å²) in [6, 6.07) is 16.4. The highest BCUT2D eigenvalue weighted by Crippen LogP contribution is 2.07. The molecule has 3 heteroatoms. The lowest BCUT2D eigenvalue weighted by molar-refractivity contribution is 0.241. The number of hydrogen-bond acceptors (Lipinski definition) is 1. The van der Waals surface area contributed by atoms with Crippen LogP contribution >= 0.6 is 0 Å². The molecule has 3 nitrogen and oxygen atoms in total. The summed E-state index contributed by atoms with van der Waals surface area (Å²) in [6.45, 7) is 5.50. The van der Waals surface area contributed by atoms with E-state index in [1.165, 1.54) is 22.3 Å². The minimum atomic E-state index is -0.0952. The molecule has 0 spiro atoms. The Labute approximate surface area is 132 Å². The molecule has 0 atom stereocenters. The van der Waals surface area contributed by atoms with Crippen LogP contribution in [0.25, 0.3) is 0 Å². The molecule has 0 heterocycles. The maximum atomic E-state index is 11.8. The van der Waals surface area contributed by atoms with Crippen molar-refractivity contribution >= 4 is 6.03 Å². The molecule has 0 saturated carbocycles. The van der Waals surface area contributed by atoms with Crippen molar-refractivity contribution < 1.29 is 4.79 Å². The number of benzene rings is 2. The smallest absolute Gasteiger partial charge is 0.314 e. The van der Waals surface area contributed by atoms with Gasteiger partial charge in [0.15, 0.2) is 0 Å². The van der Waals surface area contributed by atoms with E-state index in [2.05, 4.69) is 48.7 Å². The van der Waals surface area contributed by atoms with Crippen LogP contribution in [0.5, 0.6) is 0 Å². The molecular weight excluding hydrogens is 272 g/mol. The zero-order chi connectivity index (χ0) is 15.8. The quantitative estimate of drug-likeness (QED) is 0.843. The number of aryl methyl sites for hydroxylation is 2. The van der Waals surface area contributed by atoms with Crippen LogP contribution in [-0.4, -0.2) is 19.1 Å². The van der Waals surface area contributed by atoms with E-state index < -0.39 is 0 Å². The second-order valence-electron chi connectivity index (χ2n) is 5.54. The van der Waals surface area contributed by atoms with E-state index in [1.54, 1.807) is 0 Å². The molecule has 0 bridgehead atoms. The van der Waals surface area contributed by atoms with Gasteiger partial charge in [0.05, 0.1) is 0 Å². The number of carbonyl (C=O) groups excluding carboxylic acids is 1. The van der Waals surface area contributed by atoms with Crippen LogP contribution in [0.1, 0.15) is 22.3 Å². The van der Waals surface area contributed by atoms with E-state index in [-0.39, 0.29) is 6.03 Å². The highest BCUT2D eigenvalue weighted by molar-refractivity contribution is 5.73. The molecule has 0 aliphatic carbocycles. The summed E-state index contributed by atoms with van der Waals surface area (Å²) in [5.74, 6) is 0. The molecule has 0 saturated heterocycles. The SMILES string of the molecule is Cc1ccccc1CCNC(=O)NCCc1ccccc1C. The second-order valence-corrected chi connectivity index (χ2v) is 5.54. The second kappa shape index (κ2) is 8.23. The number of nitrogens with one attached hydrogen (secondary N) is 2. The lowest BCUT2D eigenvalue weighted by Gasteiger charge is -2.10. The van der Waals surface area contributed by atoms with Crippen LogP contribution < -0.4 is 10.6 Å². The fourth-order valence-corrected chi connectivity index (χ4v) is 2.47. The van der Waals surface area contributed by atoms with E-state index in [0.717, 1.165) is 12.8 Å². The molecule has 2 rings (SSSR count). The Hall–Kier alpha value is -2.29. The van der Waals surface area contributed by atoms with Gasteiger partial charge in [-0.3, -0.25) is 0 Å². The molecule has 0 aliphatic heterocycles. The topological polar surface area (TPSA) is 41.1 Å². The molecule has 2 amide bonds. The molecule has 2 aromatic rings. The summed E-state index contributed by atoms with van der Waals surface area (Å²) in [6.07, 6.45) is 1.72. The molecule has 22 heavy (non-hydrogen) atoms. The third-order valence-corrected chi connectivity index (χ3v) is 3.88. The standard InChI is InChI=1S/C19H24N2O/c1-15-7-3-5-9-17(15)11-13-20-19(22)21-14-12-18-10-6-4-8-16(18)2/h3-10H,11-14H2,1-2H3,(H2,20,21,22). The first-order valence-electron chi connectivity index (χ1n) is 7.77. The van der Waals surface area contributed by atoms with Gasteiger partial charge < -0.3 is 10.6 Å². The Morgan fingerprint density at radius 3 is 1.59 bits per heavy atom. The molecule has 0 aromatic heterocycles. The molecule has 2 aromatic carbocycles. The number of hydrogen-bond donors (Lipinski definition) is 2. The summed E-state index contributed by atoms with van der Waals surface area (Å²) in [5, 5.41) is 5.82. The van der Waals surface area contributed by atoms with Gasteiger partial charge in [0.1, 0.15) is 0 Å². The summed E-state index contributed by atoms with van der Waals surface area (Å²) >= 11 is 0. The van der Waals surface area contributed by atoms with Crippen molar-refractivity contribution in [2.24, 2.45) is 0 Å². The highest BCUT2D eigenvalue weighted by Gasteiger charge is 2.02. The average molecular weight is 296 g/mol. The molecule has 116 valence electrons. The Kier molecular flexibility index (Phi) is 6.01. The van der Waals surface area contributed by atoms with Crippen LogP contribution in [-0.2, 0) is 12.8 Å². The van der Waals surface area contributed by atoms with Gasteiger partial charge in [0.2, 0.25) is 0 Å². The average Bonchev–Trinajstić information content (AvgIpc) is 2.51. The van der Waals surface area contributed by atoms with Gasteiger partial charge in [-0.25, -0.2) is 4.79 Å². The zero-order valence-corrected chi connectivity index (χ0v) is 13.4. The Balaban J connectivity index is 1.66. The van der Waals surface area contributed by atoms with Crippen molar-refractivity contribution in [1.29, 1.82) is 0 Å². The first-order valence-corrected chi connectivity index (χ1v) is 7.77. The van der Waals surface area contributed by atoms with Gasteiger partial charge >= 0.3 is 6.03 Å². The van der Waals surface area contributed by atoms with Crippen LogP contribution in [0, 0.1) is 13.8 Å². The van der Waals surface area contributed by atoms with Crippen LogP contribution in [0.4, 0.5) is 4.79 Å². The van der Waals surface area contributed by atoms with E-state index in [9.17, 15) is 4.79 Å². The first kappa shape index (κ1) is 16.1. The van der Waals surface area contributed by atoms with Crippen molar-refractivity contribution in [3.8, 4) is 0 Å². The van der Waals surface area contributed by atoms with Crippen LogP contribution in [0.2, 0.25) is 0 Å². The Morgan fingerprint density at radius 2 is 1.18 bits per heavy atom. The first-order chi connectivity index (χ1) is 10.7. The van der Waals surface area contributed by atoms with Crippen molar-refractivity contribution in [3.63, 3.8) is 0 Å². The van der Waals surface area contributed by atoms with Crippen molar-refractivity contribution in [3.05, 3.63) is 70.8 Å². The van der Waals surface area contributed by atoms with Crippen molar-refractivity contribution in [2.45, 2.75) is 26.7 Å². The number of carbonyl (C=O) groups is 1.